The molecule has 2 fully saturated rings. The van der Waals surface area contributed by atoms with Crippen molar-refractivity contribution in [3.63, 3.8) is 0 Å². The van der Waals surface area contributed by atoms with E-state index in [9.17, 15) is 37.5 Å². The number of benzene rings is 2. The predicted octanol–water partition coefficient (Wildman–Crippen LogP) is 2.59. The lowest BCUT2D eigenvalue weighted by molar-refractivity contribution is -0.284. The van der Waals surface area contributed by atoms with Gasteiger partial charge in [-0.2, -0.15) is 13.2 Å². The van der Waals surface area contributed by atoms with Crippen LogP contribution < -0.4 is 4.72 Å². The quantitative estimate of drug-likeness (QED) is 0.281. The summed E-state index contributed by atoms with van der Waals surface area (Å²) in [5, 5.41) is 29.8. The molecule has 2 aromatic rings. The second kappa shape index (κ2) is 9.31. The summed E-state index contributed by atoms with van der Waals surface area (Å²) in [4.78, 5) is 14.2. The van der Waals surface area contributed by atoms with Gasteiger partial charge in [-0.15, -0.1) is 0 Å². The summed E-state index contributed by atoms with van der Waals surface area (Å²) in [6.45, 7) is 1.65. The fourth-order valence-corrected chi connectivity index (χ4v) is 5.91. The Morgan fingerprint density at radius 2 is 1.84 bits per heavy atom. The molecule has 2 aromatic carbocycles. The van der Waals surface area contributed by atoms with Gasteiger partial charge in [-0.05, 0) is 30.9 Å². The number of carbonyl (C=O) groups excluding carboxylic acids is 1. The van der Waals surface area contributed by atoms with Crippen molar-refractivity contribution in [3.05, 3.63) is 59.4 Å². The summed E-state index contributed by atoms with van der Waals surface area (Å²) in [5.41, 5.74) is -5.78. The van der Waals surface area contributed by atoms with Crippen LogP contribution in [0.4, 0.5) is 17.6 Å². The van der Waals surface area contributed by atoms with Crippen LogP contribution in [0.5, 0.6) is 0 Å². The van der Waals surface area contributed by atoms with Crippen LogP contribution in [0.15, 0.2) is 42.5 Å². The molecule has 13 heteroatoms. The Morgan fingerprint density at radius 3 is 2.43 bits per heavy atom. The van der Waals surface area contributed by atoms with Crippen LogP contribution in [0.3, 0.4) is 0 Å². The van der Waals surface area contributed by atoms with Gasteiger partial charge in [0.25, 0.3) is 5.91 Å². The Morgan fingerprint density at radius 1 is 1.19 bits per heavy atom. The molecule has 8 nitrogen and oxygen atoms in total. The van der Waals surface area contributed by atoms with Crippen molar-refractivity contribution in [2.45, 2.75) is 61.6 Å². The van der Waals surface area contributed by atoms with Crippen molar-refractivity contribution >= 4 is 15.8 Å². The minimum Gasteiger partial charge on any atom is -0.380 e. The molecule has 3 unspecified atom stereocenters. The Balaban J connectivity index is 1.68. The molecule has 1 saturated heterocycles. The van der Waals surface area contributed by atoms with Crippen LogP contribution >= 0.6 is 0 Å². The highest BCUT2D eigenvalue weighted by atomic mass is 32.2. The number of hydrogen-bond donors (Lipinski definition) is 5. The zero-order chi connectivity index (χ0) is 27.4. The van der Waals surface area contributed by atoms with Gasteiger partial charge in [-0.25, -0.2) is 18.1 Å². The number of nitrogens with zero attached hydrogens (tertiary/aromatic N) is 1. The lowest BCUT2D eigenvalue weighted by Gasteiger charge is -2.47. The number of aliphatic hydroxyl groups is 3. The molecule has 202 valence electrons. The van der Waals surface area contributed by atoms with E-state index in [-0.39, 0.29) is 30.5 Å². The molecule has 0 radical (unpaired) electrons. The standard InChI is InChI=1S/C24H27F4N3O5S/c1-14-4-2-5-15(10-14)17-7-3-6-16(20(17)25)11-19-18(30-37(29,36)24(26,27)28)8-9-31(19)21(32)22(33)12-23(34,35)13-22/h2-7,10,18-19,33-35H,8-9,11-13H2,1H3,(H2,29,30,36). The van der Waals surface area contributed by atoms with E-state index in [0.717, 1.165) is 10.5 Å². The van der Waals surface area contributed by atoms with E-state index in [2.05, 4.69) is 0 Å². The number of halogens is 4. The van der Waals surface area contributed by atoms with E-state index >= 15 is 4.39 Å². The number of hydrogen-bond acceptors (Lipinski definition) is 6. The molecule has 0 spiro atoms. The van der Waals surface area contributed by atoms with Crippen molar-refractivity contribution < 1.29 is 41.9 Å². The molecule has 0 aromatic heterocycles. The Labute approximate surface area is 211 Å². The zero-order valence-electron chi connectivity index (χ0n) is 19.8. The van der Waals surface area contributed by atoms with E-state index in [4.69, 9.17) is 4.78 Å². The molecule has 1 aliphatic heterocycles. The SMILES string of the molecule is Cc1cccc(-c2cccc(CC3C(NS(=N)(=O)C(F)(F)F)CCN3C(=O)C3(O)CC(O)(O)C3)c2F)c1. The van der Waals surface area contributed by atoms with Gasteiger partial charge in [0.2, 0.25) is 9.92 Å². The smallest absolute Gasteiger partial charge is 0.380 e. The molecule has 5 N–H and O–H groups in total. The maximum Gasteiger partial charge on any atom is 0.492 e. The molecule has 1 heterocycles. The largest absolute Gasteiger partial charge is 0.492 e. The van der Waals surface area contributed by atoms with E-state index in [1.165, 1.54) is 6.07 Å². The third-order valence-corrected chi connectivity index (χ3v) is 8.12. The molecule has 1 amide bonds. The lowest BCUT2D eigenvalue weighted by atomic mass is 9.73. The van der Waals surface area contributed by atoms with Crippen molar-refractivity contribution in [1.82, 2.24) is 9.62 Å². The van der Waals surface area contributed by atoms with Gasteiger partial charge in [0.1, 0.15) is 5.82 Å². The summed E-state index contributed by atoms with van der Waals surface area (Å²) in [6, 6.07) is 9.05. The first kappa shape index (κ1) is 27.5. The number of amides is 1. The van der Waals surface area contributed by atoms with E-state index < -0.39 is 63.5 Å². The van der Waals surface area contributed by atoms with Crippen molar-refractivity contribution in [1.29, 1.82) is 4.78 Å². The Hall–Kier alpha value is -2.58. The van der Waals surface area contributed by atoms with Gasteiger partial charge in [0, 0.05) is 31.0 Å². The summed E-state index contributed by atoms with van der Waals surface area (Å²) in [7, 11) is -5.29. The van der Waals surface area contributed by atoms with Gasteiger partial charge >= 0.3 is 5.51 Å². The lowest BCUT2D eigenvalue weighted by Crippen LogP contribution is -2.65. The molecule has 1 aliphatic carbocycles. The average Bonchev–Trinajstić information content (AvgIpc) is 3.13. The topological polar surface area (TPSA) is 134 Å². The van der Waals surface area contributed by atoms with Gasteiger partial charge < -0.3 is 20.2 Å². The minimum atomic E-state index is -5.38. The Bertz CT molecular complexity index is 1310. The predicted molar refractivity (Wildman–Crippen MR) is 126 cm³/mol. The monoisotopic (exact) mass is 545 g/mol. The number of aryl methyl sites for hydroxylation is 1. The van der Waals surface area contributed by atoms with Crippen LogP contribution in [-0.2, 0) is 21.1 Å². The Kier molecular flexibility index (Phi) is 6.91. The number of likely N-dealkylation sites (tertiary alicyclic amines) is 1. The van der Waals surface area contributed by atoms with Gasteiger partial charge in [0.05, 0.1) is 6.04 Å². The maximum absolute atomic E-state index is 15.6. The normalized spacial score (nSPS) is 24.4. The minimum absolute atomic E-state index is 0.0678. The molecule has 3 atom stereocenters. The molecule has 0 bridgehead atoms. The van der Waals surface area contributed by atoms with E-state index in [1.54, 1.807) is 35.1 Å². The third-order valence-electron chi connectivity index (χ3n) is 6.84. The second-order valence-corrected chi connectivity index (χ2v) is 11.6. The van der Waals surface area contributed by atoms with Crippen molar-refractivity contribution in [2.75, 3.05) is 6.54 Å². The fourth-order valence-electron chi connectivity index (χ4n) is 5.08. The summed E-state index contributed by atoms with van der Waals surface area (Å²) < 4.78 is 76.4. The molecule has 2 aliphatic rings. The number of rotatable bonds is 6. The molecule has 1 saturated carbocycles. The highest BCUT2D eigenvalue weighted by Gasteiger charge is 2.60. The van der Waals surface area contributed by atoms with Crippen LogP contribution in [0.1, 0.15) is 30.4 Å². The highest BCUT2D eigenvalue weighted by molar-refractivity contribution is 7.91. The van der Waals surface area contributed by atoms with Gasteiger partial charge in [0.15, 0.2) is 11.4 Å². The first-order valence-corrected chi connectivity index (χ1v) is 13.0. The van der Waals surface area contributed by atoms with E-state index in [1.807, 2.05) is 13.0 Å². The third kappa shape index (κ3) is 5.36. The van der Waals surface area contributed by atoms with Crippen molar-refractivity contribution in [3.8, 4) is 11.1 Å². The number of nitrogens with one attached hydrogen (secondary N) is 2. The van der Waals surface area contributed by atoms with E-state index in [0.29, 0.717) is 5.56 Å². The first-order chi connectivity index (χ1) is 17.0. The summed E-state index contributed by atoms with van der Waals surface area (Å²) in [6.07, 6.45) is -1.85. The first-order valence-electron chi connectivity index (χ1n) is 11.5. The molecule has 37 heavy (non-hydrogen) atoms. The van der Waals surface area contributed by atoms with Crippen LogP contribution in [0.2, 0.25) is 0 Å². The highest BCUT2D eigenvalue weighted by Crippen LogP contribution is 2.42. The van der Waals surface area contributed by atoms with Crippen LogP contribution in [0.25, 0.3) is 11.1 Å². The molecular formula is C24H27F4N3O5S. The molecule has 4 rings (SSSR count). The average molecular weight is 546 g/mol. The van der Waals surface area contributed by atoms with Gasteiger partial charge in [-0.3, -0.25) is 4.79 Å². The number of carbonyl (C=O) groups is 1. The van der Waals surface area contributed by atoms with Crippen molar-refractivity contribution in [2.24, 2.45) is 0 Å². The maximum atomic E-state index is 15.6. The van der Waals surface area contributed by atoms with Crippen LogP contribution in [0, 0.1) is 17.5 Å². The number of alkyl halides is 3. The fraction of sp³-hybridized carbons (Fsp3) is 0.458. The van der Waals surface area contributed by atoms with Gasteiger partial charge in [-0.1, -0.05) is 48.0 Å². The zero-order valence-corrected chi connectivity index (χ0v) is 20.6. The molecular weight excluding hydrogens is 518 g/mol. The second-order valence-electron chi connectivity index (χ2n) is 9.80. The summed E-state index contributed by atoms with van der Waals surface area (Å²) in [5.74, 6) is -3.88. The summed E-state index contributed by atoms with van der Waals surface area (Å²) >= 11 is 0. The van der Waals surface area contributed by atoms with Crippen LogP contribution in [-0.4, -0.2) is 65.9 Å².